The maximum atomic E-state index is 14.6. The van der Waals surface area contributed by atoms with Crippen LogP contribution < -0.4 is 10.2 Å². The summed E-state index contributed by atoms with van der Waals surface area (Å²) in [6, 6.07) is 9.98. The average Bonchev–Trinajstić information content (AvgIpc) is 3.39. The van der Waals surface area contributed by atoms with Gasteiger partial charge in [0.2, 0.25) is 5.95 Å². The molecule has 12 heteroatoms. The van der Waals surface area contributed by atoms with E-state index in [4.69, 9.17) is 0 Å². The molecule has 1 aliphatic heterocycles. The van der Waals surface area contributed by atoms with Gasteiger partial charge in [0.05, 0.1) is 5.56 Å². The number of nitrogens with zero attached hydrogens (tertiary/aromatic N) is 6. The zero-order chi connectivity index (χ0) is 30.9. The Hall–Kier alpha value is -4.47. The first kappa shape index (κ1) is 30.0. The van der Waals surface area contributed by atoms with Crippen LogP contribution >= 0.6 is 0 Å². The third-order valence-electron chi connectivity index (χ3n) is 7.28. The number of hydrogen-bond acceptors (Lipinski definition) is 6. The van der Waals surface area contributed by atoms with E-state index >= 15 is 0 Å². The predicted octanol–water partition coefficient (Wildman–Crippen LogP) is 4.66. The van der Waals surface area contributed by atoms with Gasteiger partial charge in [-0.25, -0.2) is 8.91 Å². The van der Waals surface area contributed by atoms with Crippen molar-refractivity contribution in [3.63, 3.8) is 0 Å². The van der Waals surface area contributed by atoms with Crippen molar-refractivity contribution in [2.75, 3.05) is 57.5 Å². The van der Waals surface area contributed by atoms with E-state index in [9.17, 15) is 22.4 Å². The number of rotatable bonds is 5. The number of piperazine rings is 1. The minimum Gasteiger partial charge on any atom is -0.346 e. The number of fused-ring (bicyclic) bond motifs is 1. The van der Waals surface area contributed by atoms with Gasteiger partial charge in [0.25, 0.3) is 5.91 Å². The third-order valence-corrected chi connectivity index (χ3v) is 7.28. The summed E-state index contributed by atoms with van der Waals surface area (Å²) in [4.78, 5) is 23.0. The monoisotopic (exact) mass is 593 g/mol. The number of anilines is 2. The van der Waals surface area contributed by atoms with E-state index in [1.54, 1.807) is 43.4 Å². The molecule has 1 fully saturated rings. The van der Waals surface area contributed by atoms with Crippen LogP contribution in [-0.2, 0) is 12.7 Å². The number of alkyl halides is 3. The Kier molecular flexibility index (Phi) is 8.39. The van der Waals surface area contributed by atoms with Crippen LogP contribution in [0.5, 0.6) is 0 Å². The van der Waals surface area contributed by atoms with Crippen LogP contribution in [0.25, 0.3) is 5.65 Å². The van der Waals surface area contributed by atoms with E-state index in [2.05, 4.69) is 32.1 Å². The summed E-state index contributed by atoms with van der Waals surface area (Å²) in [6.45, 7) is 4.96. The van der Waals surface area contributed by atoms with Gasteiger partial charge >= 0.3 is 6.18 Å². The topological polar surface area (TPSA) is 69.0 Å². The van der Waals surface area contributed by atoms with Crippen molar-refractivity contribution in [2.45, 2.75) is 19.6 Å². The molecule has 43 heavy (non-hydrogen) atoms. The maximum absolute atomic E-state index is 14.6. The fourth-order valence-electron chi connectivity index (χ4n) is 4.74. The molecule has 1 saturated heterocycles. The Labute approximate surface area is 246 Å². The normalized spacial score (nSPS) is 14.4. The van der Waals surface area contributed by atoms with Gasteiger partial charge in [0.15, 0.2) is 11.5 Å². The first-order valence-corrected chi connectivity index (χ1v) is 13.7. The highest BCUT2D eigenvalue weighted by atomic mass is 19.4. The number of nitrogens with one attached hydrogen (secondary N) is 1. The van der Waals surface area contributed by atoms with Gasteiger partial charge in [-0.05, 0) is 55.4 Å². The summed E-state index contributed by atoms with van der Waals surface area (Å²) in [5, 5.41) is 6.83. The van der Waals surface area contributed by atoms with Crippen LogP contribution in [0.2, 0.25) is 0 Å². The smallest absolute Gasteiger partial charge is 0.346 e. The van der Waals surface area contributed by atoms with Crippen molar-refractivity contribution in [1.82, 2.24) is 24.4 Å². The Bertz CT molecular complexity index is 1730. The summed E-state index contributed by atoms with van der Waals surface area (Å²) < 4.78 is 57.9. The zero-order valence-electron chi connectivity index (χ0n) is 24.3. The van der Waals surface area contributed by atoms with Gasteiger partial charge < -0.3 is 15.1 Å². The van der Waals surface area contributed by atoms with E-state index in [1.165, 1.54) is 22.7 Å². The van der Waals surface area contributed by atoms with E-state index in [0.29, 0.717) is 30.2 Å². The minimum atomic E-state index is -4.57. The molecule has 1 N–H and O–H groups in total. The van der Waals surface area contributed by atoms with E-state index in [0.717, 1.165) is 24.7 Å². The number of hydrogen-bond donors (Lipinski definition) is 1. The molecule has 1 amide bonds. The molecule has 8 nitrogen and oxygen atoms in total. The van der Waals surface area contributed by atoms with Crippen molar-refractivity contribution in [3.05, 3.63) is 87.9 Å². The van der Waals surface area contributed by atoms with Crippen LogP contribution in [-0.4, -0.2) is 77.6 Å². The van der Waals surface area contributed by atoms with Gasteiger partial charge in [-0.15, -0.1) is 5.10 Å². The number of pyridine rings is 1. The quantitative estimate of drug-likeness (QED) is 0.268. The molecule has 2 aromatic carbocycles. The van der Waals surface area contributed by atoms with Crippen molar-refractivity contribution in [2.24, 2.45) is 0 Å². The van der Waals surface area contributed by atoms with E-state index < -0.39 is 23.5 Å². The number of aromatic nitrogens is 3. The zero-order valence-corrected chi connectivity index (χ0v) is 24.3. The molecule has 0 atom stereocenters. The molecular formula is C31H31F4N7O. The van der Waals surface area contributed by atoms with Crippen LogP contribution in [0.15, 0.2) is 48.7 Å². The molecule has 0 unspecified atom stereocenters. The van der Waals surface area contributed by atoms with Crippen LogP contribution in [0, 0.1) is 24.6 Å². The first-order valence-electron chi connectivity index (χ1n) is 13.7. The highest BCUT2D eigenvalue weighted by molar-refractivity contribution is 6.04. The number of carbonyl (C=O) groups excluding carboxylic acids is 1. The Morgan fingerprint density at radius 2 is 1.79 bits per heavy atom. The number of carbonyl (C=O) groups is 1. The second-order valence-corrected chi connectivity index (χ2v) is 10.8. The minimum absolute atomic E-state index is 0.0429. The Morgan fingerprint density at radius 3 is 2.49 bits per heavy atom. The molecule has 0 spiro atoms. The molecule has 0 radical (unpaired) electrons. The molecule has 5 rings (SSSR count). The van der Waals surface area contributed by atoms with Gasteiger partial charge in [-0.3, -0.25) is 9.69 Å². The summed E-state index contributed by atoms with van der Waals surface area (Å²) >= 11 is 0. The summed E-state index contributed by atoms with van der Waals surface area (Å²) in [5.74, 6) is 5.06. The lowest BCUT2D eigenvalue weighted by atomic mass is 10.0. The Morgan fingerprint density at radius 1 is 1.05 bits per heavy atom. The van der Waals surface area contributed by atoms with Gasteiger partial charge in [0, 0.05) is 75.4 Å². The van der Waals surface area contributed by atoms with Crippen LogP contribution in [0.3, 0.4) is 0 Å². The van der Waals surface area contributed by atoms with Gasteiger partial charge in [-0.1, -0.05) is 24.0 Å². The standard InChI is InChI=1S/C31H31F4N7O/c1-20-5-7-23(16-22(20)8-6-21-15-27(32)28-37-30(39(2)3)38-42(28)18-21)29(43)36-25-10-9-24(26(17-25)31(33,34)35)19-41-13-11-40(4)12-14-41/h5,7,9-10,15-18H,11-14,19H2,1-4H3,(H,36,43). The van der Waals surface area contributed by atoms with Crippen LogP contribution in [0.4, 0.5) is 29.2 Å². The molecule has 0 aliphatic carbocycles. The fourth-order valence-corrected chi connectivity index (χ4v) is 4.74. The number of aryl methyl sites for hydroxylation is 1. The second-order valence-electron chi connectivity index (χ2n) is 10.8. The largest absolute Gasteiger partial charge is 0.416 e. The molecule has 4 aromatic rings. The highest BCUT2D eigenvalue weighted by Gasteiger charge is 2.34. The molecule has 2 aromatic heterocycles. The molecular weight excluding hydrogens is 562 g/mol. The first-order chi connectivity index (χ1) is 20.4. The predicted molar refractivity (Wildman–Crippen MR) is 157 cm³/mol. The van der Waals surface area contributed by atoms with Gasteiger partial charge in [0.1, 0.15) is 0 Å². The second kappa shape index (κ2) is 12.0. The molecule has 3 heterocycles. The third kappa shape index (κ3) is 6.96. The molecule has 224 valence electrons. The number of benzene rings is 2. The molecule has 0 bridgehead atoms. The van der Waals surface area contributed by atoms with Crippen molar-refractivity contribution in [3.8, 4) is 11.8 Å². The number of halogens is 4. The highest BCUT2D eigenvalue weighted by Crippen LogP contribution is 2.35. The lowest BCUT2D eigenvalue weighted by Crippen LogP contribution is -2.44. The number of amides is 1. The Balaban J connectivity index is 1.35. The van der Waals surface area contributed by atoms with E-state index in [1.807, 2.05) is 18.9 Å². The fraction of sp³-hybridized carbons (Fsp3) is 0.323. The lowest BCUT2D eigenvalue weighted by Gasteiger charge is -2.33. The molecule has 1 aliphatic rings. The van der Waals surface area contributed by atoms with Crippen molar-refractivity contribution in [1.29, 1.82) is 0 Å². The summed E-state index contributed by atoms with van der Waals surface area (Å²) in [7, 11) is 5.49. The number of likely N-dealkylation sites (N-methyl/N-ethyl adjacent to an activating group) is 1. The van der Waals surface area contributed by atoms with E-state index in [-0.39, 0.29) is 29.0 Å². The SMILES string of the molecule is Cc1ccc(C(=O)Nc2ccc(CN3CCN(C)CC3)c(C(F)(F)F)c2)cc1C#Cc1cc(F)c2nc(N(C)C)nn2c1. The maximum Gasteiger partial charge on any atom is 0.416 e. The average molecular weight is 594 g/mol. The lowest BCUT2D eigenvalue weighted by molar-refractivity contribution is -0.138. The van der Waals surface area contributed by atoms with Crippen molar-refractivity contribution >= 4 is 23.2 Å². The summed E-state index contributed by atoms with van der Waals surface area (Å²) in [6.07, 6.45) is -3.01. The van der Waals surface area contributed by atoms with Gasteiger partial charge in [-0.2, -0.15) is 18.2 Å². The summed E-state index contributed by atoms with van der Waals surface area (Å²) in [5.41, 5.74) is 1.37. The molecule has 0 saturated carbocycles. The van der Waals surface area contributed by atoms with Crippen molar-refractivity contribution < 1.29 is 22.4 Å². The van der Waals surface area contributed by atoms with Crippen LogP contribution in [0.1, 0.15) is 38.2 Å².